The highest BCUT2D eigenvalue weighted by atomic mass is 16.5. The molecule has 166 valence electrons. The zero-order valence-corrected chi connectivity index (χ0v) is 18.3. The molecule has 1 fully saturated rings. The average Bonchev–Trinajstić information content (AvgIpc) is 3.09. The Morgan fingerprint density at radius 2 is 1.61 bits per heavy atom. The molecule has 0 atom stereocenters. The monoisotopic (exact) mass is 443 g/mol. The SMILES string of the molecule is COC(=O)c1ccc(-n2c(C)cc(/C=C3\C(=O)NC(=O)N(c4ccccc4)C3=O)c2C)cc1. The largest absolute Gasteiger partial charge is 0.465 e. The first-order chi connectivity index (χ1) is 15.8. The summed E-state index contributed by atoms with van der Waals surface area (Å²) in [6.45, 7) is 3.75. The Morgan fingerprint density at radius 1 is 0.939 bits per heavy atom. The minimum atomic E-state index is -0.787. The number of imide groups is 2. The van der Waals surface area contributed by atoms with E-state index in [1.54, 1.807) is 54.6 Å². The summed E-state index contributed by atoms with van der Waals surface area (Å²) < 4.78 is 6.68. The van der Waals surface area contributed by atoms with Gasteiger partial charge in [-0.2, -0.15) is 0 Å². The van der Waals surface area contributed by atoms with Gasteiger partial charge in [-0.1, -0.05) is 18.2 Å². The maximum atomic E-state index is 13.1. The average molecular weight is 443 g/mol. The van der Waals surface area contributed by atoms with E-state index in [9.17, 15) is 19.2 Å². The summed E-state index contributed by atoms with van der Waals surface area (Å²) in [5.41, 5.74) is 3.78. The van der Waals surface area contributed by atoms with Gasteiger partial charge in [0.1, 0.15) is 5.57 Å². The molecule has 2 heterocycles. The molecular formula is C25H21N3O5. The fourth-order valence-corrected chi connectivity index (χ4v) is 3.82. The molecule has 0 bridgehead atoms. The molecule has 0 radical (unpaired) electrons. The highest BCUT2D eigenvalue weighted by Gasteiger charge is 2.36. The molecule has 1 aliphatic rings. The van der Waals surface area contributed by atoms with E-state index in [0.29, 0.717) is 16.8 Å². The van der Waals surface area contributed by atoms with E-state index < -0.39 is 23.8 Å². The van der Waals surface area contributed by atoms with Gasteiger partial charge in [0.2, 0.25) is 0 Å². The highest BCUT2D eigenvalue weighted by Crippen LogP contribution is 2.26. The lowest BCUT2D eigenvalue weighted by atomic mass is 10.1. The van der Waals surface area contributed by atoms with Crippen molar-refractivity contribution >= 4 is 35.6 Å². The zero-order valence-electron chi connectivity index (χ0n) is 18.3. The number of aromatic nitrogens is 1. The van der Waals surface area contributed by atoms with Gasteiger partial charge < -0.3 is 9.30 Å². The van der Waals surface area contributed by atoms with Gasteiger partial charge in [0.05, 0.1) is 18.4 Å². The first-order valence-corrected chi connectivity index (χ1v) is 10.2. The normalized spacial score (nSPS) is 15.1. The molecule has 1 aliphatic heterocycles. The molecule has 4 amide bonds. The van der Waals surface area contributed by atoms with E-state index in [4.69, 9.17) is 4.74 Å². The smallest absolute Gasteiger partial charge is 0.337 e. The van der Waals surface area contributed by atoms with Gasteiger partial charge in [0.25, 0.3) is 11.8 Å². The van der Waals surface area contributed by atoms with Crippen LogP contribution in [0.5, 0.6) is 0 Å². The molecule has 8 heteroatoms. The van der Waals surface area contributed by atoms with Crippen LogP contribution < -0.4 is 10.2 Å². The molecule has 0 aliphatic carbocycles. The third-order valence-electron chi connectivity index (χ3n) is 5.43. The van der Waals surface area contributed by atoms with Crippen molar-refractivity contribution in [2.75, 3.05) is 12.0 Å². The predicted octanol–water partition coefficient (Wildman–Crippen LogP) is 3.55. The standard InChI is InChI=1S/C25H21N3O5/c1-15-13-18(16(2)27(15)20-11-9-17(10-12-20)24(31)33-3)14-21-22(29)26-25(32)28(23(21)30)19-7-5-4-6-8-19/h4-14H,1-3H3,(H,26,29,32)/b21-14+. The highest BCUT2D eigenvalue weighted by molar-refractivity contribution is 6.39. The number of hydrogen-bond donors (Lipinski definition) is 1. The first kappa shape index (κ1) is 21.8. The number of carbonyl (C=O) groups is 4. The molecule has 8 nitrogen and oxygen atoms in total. The Labute approximate surface area is 190 Å². The second kappa shape index (κ2) is 8.58. The number of barbiturate groups is 1. The van der Waals surface area contributed by atoms with Crippen LogP contribution in [0, 0.1) is 13.8 Å². The molecule has 1 N–H and O–H groups in total. The second-order valence-corrected chi connectivity index (χ2v) is 7.49. The summed E-state index contributed by atoms with van der Waals surface area (Å²) in [6.07, 6.45) is 1.49. The van der Waals surface area contributed by atoms with Crippen molar-refractivity contribution in [1.29, 1.82) is 0 Å². The van der Waals surface area contributed by atoms with Crippen LogP contribution in [0.2, 0.25) is 0 Å². The molecule has 3 aromatic rings. The van der Waals surface area contributed by atoms with Crippen molar-refractivity contribution in [1.82, 2.24) is 9.88 Å². The number of methoxy groups -OCH3 is 1. The van der Waals surface area contributed by atoms with Gasteiger partial charge in [-0.05, 0) is 68.0 Å². The van der Waals surface area contributed by atoms with Crippen LogP contribution in [0.3, 0.4) is 0 Å². The van der Waals surface area contributed by atoms with Crippen LogP contribution in [0.15, 0.2) is 66.2 Å². The van der Waals surface area contributed by atoms with Crippen LogP contribution >= 0.6 is 0 Å². The third-order valence-corrected chi connectivity index (χ3v) is 5.43. The maximum absolute atomic E-state index is 13.1. The number of benzene rings is 2. The topological polar surface area (TPSA) is 97.7 Å². The number of urea groups is 1. The minimum Gasteiger partial charge on any atom is -0.465 e. The number of rotatable bonds is 4. The van der Waals surface area contributed by atoms with Gasteiger partial charge in [0, 0.05) is 17.1 Å². The summed E-state index contributed by atoms with van der Waals surface area (Å²) in [4.78, 5) is 50.6. The van der Waals surface area contributed by atoms with E-state index in [1.165, 1.54) is 13.2 Å². The molecule has 1 aromatic heterocycles. The fraction of sp³-hybridized carbons (Fsp3) is 0.120. The molecule has 33 heavy (non-hydrogen) atoms. The quantitative estimate of drug-likeness (QED) is 0.378. The predicted molar refractivity (Wildman–Crippen MR) is 122 cm³/mol. The summed E-state index contributed by atoms with van der Waals surface area (Å²) in [7, 11) is 1.32. The van der Waals surface area contributed by atoms with Crippen molar-refractivity contribution < 1.29 is 23.9 Å². The number of esters is 1. The summed E-state index contributed by atoms with van der Waals surface area (Å²) in [6, 6.07) is 16.4. The van der Waals surface area contributed by atoms with Crippen LogP contribution in [-0.4, -0.2) is 35.5 Å². The van der Waals surface area contributed by atoms with Crippen LogP contribution in [0.4, 0.5) is 10.5 Å². The van der Waals surface area contributed by atoms with E-state index in [2.05, 4.69) is 5.32 Å². The van der Waals surface area contributed by atoms with Crippen molar-refractivity contribution in [3.8, 4) is 5.69 Å². The van der Waals surface area contributed by atoms with Crippen molar-refractivity contribution in [3.05, 3.63) is 88.8 Å². The molecular weight excluding hydrogens is 422 g/mol. The number of nitrogens with one attached hydrogen (secondary N) is 1. The summed E-state index contributed by atoms with van der Waals surface area (Å²) >= 11 is 0. The lowest BCUT2D eigenvalue weighted by Gasteiger charge is -2.26. The Bertz CT molecular complexity index is 1300. The molecule has 0 unspecified atom stereocenters. The number of para-hydroxylation sites is 1. The van der Waals surface area contributed by atoms with E-state index in [1.807, 2.05) is 24.5 Å². The van der Waals surface area contributed by atoms with E-state index >= 15 is 0 Å². The number of carbonyl (C=O) groups excluding carboxylic acids is 4. The Kier molecular flexibility index (Phi) is 5.66. The van der Waals surface area contributed by atoms with Crippen LogP contribution in [-0.2, 0) is 14.3 Å². The lowest BCUT2D eigenvalue weighted by molar-refractivity contribution is -0.122. The van der Waals surface area contributed by atoms with Crippen molar-refractivity contribution in [2.24, 2.45) is 0 Å². The number of ether oxygens (including phenoxy) is 1. The van der Waals surface area contributed by atoms with E-state index in [0.717, 1.165) is 22.0 Å². The van der Waals surface area contributed by atoms with Gasteiger partial charge in [-0.25, -0.2) is 14.5 Å². The number of anilines is 1. The van der Waals surface area contributed by atoms with E-state index in [-0.39, 0.29) is 5.57 Å². The van der Waals surface area contributed by atoms with Crippen LogP contribution in [0.25, 0.3) is 11.8 Å². The van der Waals surface area contributed by atoms with Gasteiger partial charge in [-0.3, -0.25) is 14.9 Å². The molecule has 0 spiro atoms. The van der Waals surface area contributed by atoms with Crippen molar-refractivity contribution in [3.63, 3.8) is 0 Å². The molecule has 4 rings (SSSR count). The number of aryl methyl sites for hydroxylation is 1. The van der Waals surface area contributed by atoms with Gasteiger partial charge >= 0.3 is 12.0 Å². The molecule has 0 saturated carbocycles. The maximum Gasteiger partial charge on any atom is 0.337 e. The number of amides is 4. The Morgan fingerprint density at radius 3 is 2.24 bits per heavy atom. The summed E-state index contributed by atoms with van der Waals surface area (Å²) in [5.74, 6) is -1.86. The molecule has 1 saturated heterocycles. The lowest BCUT2D eigenvalue weighted by Crippen LogP contribution is -2.54. The van der Waals surface area contributed by atoms with Gasteiger partial charge in [-0.15, -0.1) is 0 Å². The van der Waals surface area contributed by atoms with Gasteiger partial charge in [0.15, 0.2) is 0 Å². The second-order valence-electron chi connectivity index (χ2n) is 7.49. The fourth-order valence-electron chi connectivity index (χ4n) is 3.82. The van der Waals surface area contributed by atoms with Crippen LogP contribution in [0.1, 0.15) is 27.3 Å². The first-order valence-electron chi connectivity index (χ1n) is 10.2. The molecule has 2 aromatic carbocycles. The number of hydrogen-bond acceptors (Lipinski definition) is 5. The van der Waals surface area contributed by atoms with Crippen molar-refractivity contribution in [2.45, 2.75) is 13.8 Å². The Balaban J connectivity index is 1.72. The third kappa shape index (κ3) is 3.94. The summed E-state index contributed by atoms with van der Waals surface area (Å²) in [5, 5.41) is 2.23. The minimum absolute atomic E-state index is 0.139. The zero-order chi connectivity index (χ0) is 23.7. The number of nitrogens with zero attached hydrogens (tertiary/aromatic N) is 2. The Hall–Kier alpha value is -4.46.